The van der Waals surface area contributed by atoms with Crippen LogP contribution < -0.4 is 5.32 Å². The van der Waals surface area contributed by atoms with Crippen molar-refractivity contribution in [2.45, 2.75) is 38.6 Å². The van der Waals surface area contributed by atoms with Crippen molar-refractivity contribution in [2.24, 2.45) is 0 Å². The lowest BCUT2D eigenvalue weighted by molar-refractivity contribution is 0.0945. The summed E-state index contributed by atoms with van der Waals surface area (Å²) in [6.07, 6.45) is 5.40. The van der Waals surface area contributed by atoms with Crippen LogP contribution >= 0.6 is 0 Å². The SMILES string of the molecule is CC(C)c1cncc(C(=O)NC2CC2)n1. The zero-order valence-electron chi connectivity index (χ0n) is 9.03. The number of nitrogens with zero attached hydrogens (tertiary/aromatic N) is 2. The van der Waals surface area contributed by atoms with Crippen molar-refractivity contribution in [2.75, 3.05) is 0 Å². The molecule has 1 aliphatic carbocycles. The monoisotopic (exact) mass is 205 g/mol. The molecule has 1 saturated carbocycles. The van der Waals surface area contributed by atoms with E-state index in [-0.39, 0.29) is 5.91 Å². The molecular formula is C11H15N3O. The number of aromatic nitrogens is 2. The minimum Gasteiger partial charge on any atom is -0.348 e. The summed E-state index contributed by atoms with van der Waals surface area (Å²) in [7, 11) is 0. The summed E-state index contributed by atoms with van der Waals surface area (Å²) in [6.45, 7) is 4.07. The molecule has 4 nitrogen and oxygen atoms in total. The van der Waals surface area contributed by atoms with Gasteiger partial charge in [-0.05, 0) is 18.8 Å². The van der Waals surface area contributed by atoms with E-state index in [4.69, 9.17) is 0 Å². The van der Waals surface area contributed by atoms with Crippen LogP contribution in [0.15, 0.2) is 12.4 Å². The van der Waals surface area contributed by atoms with E-state index in [1.165, 1.54) is 6.20 Å². The van der Waals surface area contributed by atoms with Crippen LogP contribution in [-0.2, 0) is 0 Å². The van der Waals surface area contributed by atoms with Gasteiger partial charge in [-0.2, -0.15) is 0 Å². The van der Waals surface area contributed by atoms with Crippen LogP contribution in [0.2, 0.25) is 0 Å². The van der Waals surface area contributed by atoms with Gasteiger partial charge in [0.2, 0.25) is 0 Å². The molecule has 0 bridgehead atoms. The highest BCUT2D eigenvalue weighted by Gasteiger charge is 2.24. The highest BCUT2D eigenvalue weighted by molar-refractivity contribution is 5.92. The Morgan fingerprint density at radius 2 is 2.20 bits per heavy atom. The Hall–Kier alpha value is -1.45. The molecule has 1 amide bonds. The van der Waals surface area contributed by atoms with E-state index in [9.17, 15) is 4.79 Å². The Balaban J connectivity index is 2.12. The fourth-order valence-electron chi connectivity index (χ4n) is 1.26. The molecule has 0 spiro atoms. The molecule has 0 aliphatic heterocycles. The largest absolute Gasteiger partial charge is 0.348 e. The van der Waals surface area contributed by atoms with E-state index in [1.54, 1.807) is 6.20 Å². The summed E-state index contributed by atoms with van der Waals surface area (Å²) < 4.78 is 0. The molecule has 0 saturated heterocycles. The van der Waals surface area contributed by atoms with Crippen molar-refractivity contribution >= 4 is 5.91 Å². The molecule has 2 rings (SSSR count). The van der Waals surface area contributed by atoms with Crippen LogP contribution in [0, 0.1) is 0 Å². The molecule has 0 unspecified atom stereocenters. The van der Waals surface area contributed by atoms with Gasteiger partial charge in [-0.25, -0.2) is 4.98 Å². The minimum absolute atomic E-state index is 0.104. The Morgan fingerprint density at radius 3 is 2.80 bits per heavy atom. The average molecular weight is 205 g/mol. The first-order chi connectivity index (χ1) is 7.16. The van der Waals surface area contributed by atoms with E-state index in [1.807, 2.05) is 13.8 Å². The smallest absolute Gasteiger partial charge is 0.271 e. The van der Waals surface area contributed by atoms with E-state index < -0.39 is 0 Å². The summed E-state index contributed by atoms with van der Waals surface area (Å²) in [5.41, 5.74) is 1.28. The molecule has 15 heavy (non-hydrogen) atoms. The van der Waals surface area contributed by atoms with Gasteiger partial charge in [0.25, 0.3) is 5.91 Å². The molecule has 0 aromatic carbocycles. The maximum atomic E-state index is 11.7. The first-order valence-corrected chi connectivity index (χ1v) is 5.29. The number of carbonyl (C=O) groups is 1. The number of nitrogens with one attached hydrogen (secondary N) is 1. The summed E-state index contributed by atoms with van der Waals surface area (Å²) in [6, 6.07) is 0.363. The molecule has 1 aromatic rings. The van der Waals surface area contributed by atoms with Gasteiger partial charge in [0.05, 0.1) is 11.9 Å². The molecule has 1 aromatic heterocycles. The minimum atomic E-state index is -0.104. The fourth-order valence-corrected chi connectivity index (χ4v) is 1.26. The summed E-state index contributed by atoms with van der Waals surface area (Å²) >= 11 is 0. The van der Waals surface area contributed by atoms with Crippen LogP contribution in [-0.4, -0.2) is 21.9 Å². The molecule has 1 N–H and O–H groups in total. The van der Waals surface area contributed by atoms with Gasteiger partial charge in [-0.1, -0.05) is 13.8 Å². The summed E-state index contributed by atoms with van der Waals surface area (Å²) in [5, 5.41) is 2.89. The number of carbonyl (C=O) groups excluding carboxylic acids is 1. The fraction of sp³-hybridized carbons (Fsp3) is 0.545. The third kappa shape index (κ3) is 2.52. The Kier molecular flexibility index (Phi) is 2.66. The molecule has 80 valence electrons. The van der Waals surface area contributed by atoms with Crippen LogP contribution in [0.4, 0.5) is 0 Å². The average Bonchev–Trinajstić information content (AvgIpc) is 3.02. The van der Waals surface area contributed by atoms with Gasteiger partial charge in [0, 0.05) is 12.2 Å². The van der Waals surface area contributed by atoms with Crippen LogP contribution in [0.3, 0.4) is 0 Å². The van der Waals surface area contributed by atoms with E-state index in [0.29, 0.717) is 17.7 Å². The van der Waals surface area contributed by atoms with Gasteiger partial charge in [0.15, 0.2) is 0 Å². The topological polar surface area (TPSA) is 54.9 Å². The van der Waals surface area contributed by atoms with Crippen molar-refractivity contribution in [1.82, 2.24) is 15.3 Å². The quantitative estimate of drug-likeness (QED) is 0.813. The van der Waals surface area contributed by atoms with Crippen LogP contribution in [0.5, 0.6) is 0 Å². The third-order valence-electron chi connectivity index (χ3n) is 2.39. The van der Waals surface area contributed by atoms with Gasteiger partial charge in [0.1, 0.15) is 5.69 Å². The Labute approximate surface area is 89.1 Å². The van der Waals surface area contributed by atoms with Crippen molar-refractivity contribution in [3.05, 3.63) is 23.8 Å². The molecule has 4 heteroatoms. The first kappa shape index (κ1) is 10.1. The number of rotatable bonds is 3. The number of amides is 1. The normalized spacial score (nSPS) is 15.4. The zero-order chi connectivity index (χ0) is 10.8. The van der Waals surface area contributed by atoms with Gasteiger partial charge in [-0.3, -0.25) is 9.78 Å². The predicted octanol–water partition coefficient (Wildman–Crippen LogP) is 1.49. The lowest BCUT2D eigenvalue weighted by Gasteiger charge is -2.06. The number of hydrogen-bond donors (Lipinski definition) is 1. The highest BCUT2D eigenvalue weighted by Crippen LogP contribution is 2.19. The third-order valence-corrected chi connectivity index (χ3v) is 2.39. The second-order valence-electron chi connectivity index (χ2n) is 4.23. The van der Waals surface area contributed by atoms with Crippen molar-refractivity contribution < 1.29 is 4.79 Å². The molecule has 0 radical (unpaired) electrons. The summed E-state index contributed by atoms with van der Waals surface area (Å²) in [4.78, 5) is 20.0. The highest BCUT2D eigenvalue weighted by atomic mass is 16.2. The van der Waals surface area contributed by atoms with Gasteiger partial charge < -0.3 is 5.32 Å². The molecule has 0 atom stereocenters. The second-order valence-corrected chi connectivity index (χ2v) is 4.23. The molecule has 1 heterocycles. The Bertz CT molecular complexity index is 372. The van der Waals surface area contributed by atoms with Crippen molar-refractivity contribution in [3.63, 3.8) is 0 Å². The maximum Gasteiger partial charge on any atom is 0.271 e. The number of hydrogen-bond acceptors (Lipinski definition) is 3. The van der Waals surface area contributed by atoms with E-state index in [2.05, 4.69) is 15.3 Å². The lowest BCUT2D eigenvalue weighted by Crippen LogP contribution is -2.26. The maximum absolute atomic E-state index is 11.7. The summed E-state index contributed by atoms with van der Waals surface area (Å²) in [5.74, 6) is 0.193. The van der Waals surface area contributed by atoms with E-state index >= 15 is 0 Å². The Morgan fingerprint density at radius 1 is 1.47 bits per heavy atom. The van der Waals surface area contributed by atoms with E-state index in [0.717, 1.165) is 18.5 Å². The second kappa shape index (κ2) is 3.96. The van der Waals surface area contributed by atoms with Crippen LogP contribution in [0.1, 0.15) is 48.8 Å². The van der Waals surface area contributed by atoms with Gasteiger partial charge >= 0.3 is 0 Å². The molecule has 1 fully saturated rings. The molecule has 1 aliphatic rings. The lowest BCUT2D eigenvalue weighted by atomic mass is 10.1. The zero-order valence-corrected chi connectivity index (χ0v) is 9.03. The first-order valence-electron chi connectivity index (χ1n) is 5.29. The predicted molar refractivity (Wildman–Crippen MR) is 56.6 cm³/mol. The van der Waals surface area contributed by atoms with Crippen LogP contribution in [0.25, 0.3) is 0 Å². The standard InChI is InChI=1S/C11H15N3O/c1-7(2)9-5-12-6-10(14-9)11(15)13-8-3-4-8/h5-8H,3-4H2,1-2H3,(H,13,15). The van der Waals surface area contributed by atoms with Crippen molar-refractivity contribution in [1.29, 1.82) is 0 Å². The van der Waals surface area contributed by atoms with Crippen molar-refractivity contribution in [3.8, 4) is 0 Å². The molecular weight excluding hydrogens is 190 g/mol. The van der Waals surface area contributed by atoms with Gasteiger partial charge in [-0.15, -0.1) is 0 Å².